The predicted octanol–water partition coefficient (Wildman–Crippen LogP) is -2.15. The minimum Gasteiger partial charge on any atom is -0.480 e. The number of carboxylic acids is 1. The van der Waals surface area contributed by atoms with Crippen LogP contribution in [0.25, 0.3) is 0 Å². The van der Waals surface area contributed by atoms with Crippen LogP contribution in [0, 0.1) is 11.3 Å². The molecular weight excluding hydrogens is 239 g/mol. The summed E-state index contributed by atoms with van der Waals surface area (Å²) in [7, 11) is -1.40. The van der Waals surface area contributed by atoms with Crippen LogP contribution in [0.5, 0.6) is 0 Å². The SMILES string of the molecule is N=C(N)N1CC(CCCB(O)O)C(N)(C(=O)O)C1. The van der Waals surface area contributed by atoms with Crippen LogP contribution in [0.1, 0.15) is 12.8 Å². The number of likely N-dealkylation sites (tertiary alicyclic amines) is 1. The first-order valence-electron chi connectivity index (χ1n) is 5.74. The van der Waals surface area contributed by atoms with Crippen molar-refractivity contribution < 1.29 is 19.9 Å². The van der Waals surface area contributed by atoms with Crippen molar-refractivity contribution in [2.24, 2.45) is 17.4 Å². The highest BCUT2D eigenvalue weighted by atomic mass is 16.4. The number of rotatable bonds is 5. The number of nitrogens with one attached hydrogen (secondary N) is 1. The van der Waals surface area contributed by atoms with E-state index in [-0.39, 0.29) is 24.7 Å². The maximum Gasteiger partial charge on any atom is 0.451 e. The van der Waals surface area contributed by atoms with Crippen LogP contribution in [-0.2, 0) is 4.79 Å². The van der Waals surface area contributed by atoms with Crippen LogP contribution in [0.3, 0.4) is 0 Å². The molecule has 8 nitrogen and oxygen atoms in total. The summed E-state index contributed by atoms with van der Waals surface area (Å²) >= 11 is 0. The molecule has 2 atom stereocenters. The van der Waals surface area contributed by atoms with E-state index in [1.165, 1.54) is 4.90 Å². The second-order valence-electron chi connectivity index (χ2n) is 4.72. The Morgan fingerprint density at radius 1 is 1.56 bits per heavy atom. The average molecular weight is 258 g/mol. The Bertz CT molecular complexity index is 341. The molecule has 1 heterocycles. The van der Waals surface area contributed by atoms with Gasteiger partial charge in [0.05, 0.1) is 0 Å². The minimum absolute atomic E-state index is 0.00398. The molecule has 1 aliphatic rings. The van der Waals surface area contributed by atoms with E-state index in [0.717, 1.165) is 0 Å². The second kappa shape index (κ2) is 5.55. The summed E-state index contributed by atoms with van der Waals surface area (Å²) in [5.41, 5.74) is 9.77. The highest BCUT2D eigenvalue weighted by molar-refractivity contribution is 6.40. The van der Waals surface area contributed by atoms with Gasteiger partial charge in [0.25, 0.3) is 0 Å². The van der Waals surface area contributed by atoms with E-state index < -0.39 is 18.6 Å². The molecule has 8 N–H and O–H groups in total. The third-order valence-corrected chi connectivity index (χ3v) is 3.38. The Hall–Kier alpha value is -1.32. The molecular formula is C9H19BN4O4. The number of nitrogens with two attached hydrogens (primary N) is 2. The first-order chi connectivity index (χ1) is 8.27. The van der Waals surface area contributed by atoms with E-state index in [4.69, 9.17) is 26.9 Å². The number of hydrogen-bond acceptors (Lipinski definition) is 5. The van der Waals surface area contributed by atoms with E-state index in [1.807, 2.05) is 0 Å². The van der Waals surface area contributed by atoms with E-state index >= 15 is 0 Å². The molecule has 0 aromatic carbocycles. The van der Waals surface area contributed by atoms with Crippen LogP contribution < -0.4 is 11.5 Å². The van der Waals surface area contributed by atoms with Crippen molar-refractivity contribution in [2.45, 2.75) is 24.7 Å². The standard InChI is InChI=1S/C9H19BN4O4/c11-8(12)14-4-6(2-1-3-10(17)18)9(13,5-14)7(15)16/h6,17-18H,1-5,13H2,(H3,11,12)(H,15,16). The van der Waals surface area contributed by atoms with Gasteiger partial charge >= 0.3 is 13.1 Å². The van der Waals surface area contributed by atoms with Crippen molar-refractivity contribution in [3.05, 3.63) is 0 Å². The highest BCUT2D eigenvalue weighted by Crippen LogP contribution is 2.30. The Morgan fingerprint density at radius 3 is 2.61 bits per heavy atom. The summed E-state index contributed by atoms with van der Waals surface area (Å²) in [4.78, 5) is 12.7. The number of nitrogens with zero attached hydrogens (tertiary/aromatic N) is 1. The summed E-state index contributed by atoms with van der Waals surface area (Å²) in [6.45, 7) is 0.309. The third-order valence-electron chi connectivity index (χ3n) is 3.38. The first-order valence-corrected chi connectivity index (χ1v) is 5.74. The van der Waals surface area contributed by atoms with Crippen LogP contribution in [-0.4, -0.2) is 57.7 Å². The number of guanidine groups is 1. The van der Waals surface area contributed by atoms with Crippen molar-refractivity contribution in [3.8, 4) is 0 Å². The molecule has 1 fully saturated rings. The van der Waals surface area contributed by atoms with Gasteiger partial charge in [-0.15, -0.1) is 0 Å². The molecule has 0 radical (unpaired) electrons. The quantitative estimate of drug-likeness (QED) is 0.186. The zero-order valence-corrected chi connectivity index (χ0v) is 10.0. The zero-order valence-electron chi connectivity index (χ0n) is 10.0. The van der Waals surface area contributed by atoms with Gasteiger partial charge in [-0.25, -0.2) is 0 Å². The lowest BCUT2D eigenvalue weighted by atomic mass is 9.78. The highest BCUT2D eigenvalue weighted by Gasteiger charge is 2.49. The average Bonchev–Trinajstić information content (AvgIpc) is 2.57. The normalized spacial score (nSPS) is 27.3. The number of carboxylic acid groups (broad SMARTS) is 1. The summed E-state index contributed by atoms with van der Waals surface area (Å²) in [6.07, 6.45) is 1.08. The van der Waals surface area contributed by atoms with Crippen molar-refractivity contribution >= 4 is 19.0 Å². The molecule has 0 spiro atoms. The molecule has 1 rings (SSSR count). The first kappa shape index (κ1) is 14.7. The molecule has 0 saturated carbocycles. The summed E-state index contributed by atoms with van der Waals surface area (Å²) in [6, 6.07) is 0. The van der Waals surface area contributed by atoms with Crippen LogP contribution in [0.2, 0.25) is 6.32 Å². The van der Waals surface area contributed by atoms with Gasteiger partial charge in [0, 0.05) is 19.0 Å². The van der Waals surface area contributed by atoms with Crippen LogP contribution in [0.4, 0.5) is 0 Å². The maximum atomic E-state index is 11.2. The van der Waals surface area contributed by atoms with Crippen molar-refractivity contribution in [2.75, 3.05) is 13.1 Å². The van der Waals surface area contributed by atoms with E-state index in [1.54, 1.807) is 0 Å². The molecule has 9 heteroatoms. The van der Waals surface area contributed by atoms with Gasteiger partial charge in [0.15, 0.2) is 5.96 Å². The Morgan fingerprint density at radius 2 is 2.17 bits per heavy atom. The topological polar surface area (TPSA) is 157 Å². The summed E-state index contributed by atoms with van der Waals surface area (Å²) in [5.74, 6) is -1.69. The molecule has 2 unspecified atom stereocenters. The third kappa shape index (κ3) is 3.12. The van der Waals surface area contributed by atoms with Gasteiger partial charge in [-0.3, -0.25) is 10.2 Å². The lowest BCUT2D eigenvalue weighted by molar-refractivity contribution is -0.144. The van der Waals surface area contributed by atoms with E-state index in [9.17, 15) is 9.90 Å². The molecule has 0 aliphatic carbocycles. The van der Waals surface area contributed by atoms with Crippen molar-refractivity contribution in [1.82, 2.24) is 4.90 Å². The minimum atomic E-state index is -1.44. The van der Waals surface area contributed by atoms with Crippen molar-refractivity contribution in [3.63, 3.8) is 0 Å². The van der Waals surface area contributed by atoms with E-state index in [0.29, 0.717) is 19.4 Å². The number of aliphatic carboxylic acids is 1. The molecule has 1 aliphatic heterocycles. The fraction of sp³-hybridized carbons (Fsp3) is 0.778. The Balaban J connectivity index is 2.67. The Kier molecular flexibility index (Phi) is 4.55. The van der Waals surface area contributed by atoms with Gasteiger partial charge in [-0.2, -0.15) is 0 Å². The van der Waals surface area contributed by atoms with Gasteiger partial charge < -0.3 is 31.5 Å². The molecule has 0 aromatic rings. The lowest BCUT2D eigenvalue weighted by Gasteiger charge is -2.25. The number of carbonyl (C=O) groups is 1. The molecule has 0 amide bonds. The molecule has 1 saturated heterocycles. The lowest BCUT2D eigenvalue weighted by Crippen LogP contribution is -2.55. The Labute approximate surface area is 105 Å². The molecule has 0 bridgehead atoms. The maximum absolute atomic E-state index is 11.2. The van der Waals surface area contributed by atoms with Crippen molar-refractivity contribution in [1.29, 1.82) is 5.41 Å². The van der Waals surface area contributed by atoms with Gasteiger partial charge in [-0.05, 0) is 12.7 Å². The van der Waals surface area contributed by atoms with Gasteiger partial charge in [-0.1, -0.05) is 6.42 Å². The van der Waals surface area contributed by atoms with Crippen LogP contribution >= 0.6 is 0 Å². The molecule has 102 valence electrons. The number of hydrogen-bond donors (Lipinski definition) is 6. The summed E-state index contributed by atoms with van der Waals surface area (Å²) in [5, 5.41) is 34.0. The molecule has 18 heavy (non-hydrogen) atoms. The summed E-state index contributed by atoms with van der Waals surface area (Å²) < 4.78 is 0. The zero-order chi connectivity index (χ0) is 13.9. The van der Waals surface area contributed by atoms with Gasteiger partial charge in [0.1, 0.15) is 5.54 Å². The second-order valence-corrected chi connectivity index (χ2v) is 4.72. The fourth-order valence-electron chi connectivity index (χ4n) is 2.26. The van der Waals surface area contributed by atoms with Crippen LogP contribution in [0.15, 0.2) is 0 Å². The molecule has 0 aromatic heterocycles. The monoisotopic (exact) mass is 258 g/mol. The largest absolute Gasteiger partial charge is 0.480 e. The van der Waals surface area contributed by atoms with E-state index in [2.05, 4.69) is 0 Å². The smallest absolute Gasteiger partial charge is 0.451 e. The predicted molar refractivity (Wildman–Crippen MR) is 65.8 cm³/mol. The van der Waals surface area contributed by atoms with Gasteiger partial charge in [0.2, 0.25) is 0 Å². The fourth-order valence-corrected chi connectivity index (χ4v) is 2.26.